The minimum absolute atomic E-state index is 0.101. The molecule has 172 valence electrons. The zero-order valence-electron chi connectivity index (χ0n) is 28.5. The van der Waals surface area contributed by atoms with Crippen LogP contribution in [-0.2, 0) is 0 Å². The lowest BCUT2D eigenvalue weighted by atomic mass is 10.2. The number of methoxy groups -OCH3 is 1. The van der Waals surface area contributed by atoms with Crippen LogP contribution in [0.3, 0.4) is 0 Å². The number of halogens is 1. The second kappa shape index (κ2) is 9.23. The van der Waals surface area contributed by atoms with E-state index in [4.69, 9.17) is 29.3 Å². The van der Waals surface area contributed by atoms with Gasteiger partial charge in [0.1, 0.15) is 6.33 Å². The van der Waals surface area contributed by atoms with Crippen molar-refractivity contribution in [3.63, 3.8) is 0 Å². The average Bonchev–Trinajstić information content (AvgIpc) is 3.39. The first-order valence-electron chi connectivity index (χ1n) is 15.5. The summed E-state index contributed by atoms with van der Waals surface area (Å²) in [7, 11) is -2.99. The Hall–Kier alpha value is -3.39. The molecule has 7 nitrogen and oxygen atoms in total. The Balaban J connectivity index is 1.47. The molecule has 1 saturated heterocycles. The number of nitrogens with one attached hydrogen (secondary N) is 1. The standard InChI is InChI=1S/C25H27FN4O3/c1-16-12-17-19(29-16)6-7-21(24(17)26)33-25-18-13-22(31-2)23(14-20(18)27-15-28-25)32-11-5-10-30-8-3-4-9-30/h6-7,12-15,29H,3-5,8-11H2,1-2H3/i2D3,3D2,4D2,5D2,10D2. The average molecular weight is 462 g/mol. The van der Waals surface area contributed by atoms with Gasteiger partial charge in [-0.1, -0.05) is 0 Å². The number of H-pyrrole nitrogens is 1. The molecule has 1 aliphatic rings. The minimum Gasteiger partial charge on any atom is -0.493 e. The number of benzene rings is 2. The van der Waals surface area contributed by atoms with Crippen molar-refractivity contribution in [2.24, 2.45) is 0 Å². The molecular formula is C25H27FN4O3. The maximum Gasteiger partial charge on any atom is 0.230 e. The molecule has 0 atom stereocenters. The van der Waals surface area contributed by atoms with Gasteiger partial charge in [0.25, 0.3) is 0 Å². The van der Waals surface area contributed by atoms with E-state index in [-0.39, 0.29) is 33.7 Å². The van der Waals surface area contributed by atoms with Gasteiger partial charge in [0.05, 0.1) is 28.7 Å². The highest BCUT2D eigenvalue weighted by Crippen LogP contribution is 2.37. The number of nitrogens with zero attached hydrogens (tertiary/aromatic N) is 3. The number of ether oxygens (including phenoxy) is 3. The molecule has 8 heteroatoms. The minimum atomic E-state index is -2.99. The SMILES string of the molecule is [2H]C([2H])([2H])Oc1cc2c(Oc3ccc4[nH]c(C)cc4c3F)ncnc2cc1OCC([2H])([2H])C([2H])([2H])N1CC([2H])([2H])C([2H])([2H])C1. The lowest BCUT2D eigenvalue weighted by molar-refractivity contribution is 0.254. The topological polar surface area (TPSA) is 72.5 Å². The van der Waals surface area contributed by atoms with Gasteiger partial charge in [0, 0.05) is 40.1 Å². The molecule has 4 aromatic rings. The summed E-state index contributed by atoms with van der Waals surface area (Å²) in [6.07, 6.45) is -6.59. The third-order valence-electron chi connectivity index (χ3n) is 5.02. The predicted octanol–water partition coefficient (Wildman–Crippen LogP) is 5.22. The van der Waals surface area contributed by atoms with E-state index in [0.29, 0.717) is 5.52 Å². The second-order valence-corrected chi connectivity index (χ2v) is 7.28. The quantitative estimate of drug-likeness (QED) is 0.388. The van der Waals surface area contributed by atoms with Gasteiger partial charge in [-0.2, -0.15) is 0 Å². The van der Waals surface area contributed by atoms with E-state index in [1.807, 2.05) is 0 Å². The van der Waals surface area contributed by atoms with E-state index < -0.39 is 63.9 Å². The highest BCUT2D eigenvalue weighted by Gasteiger charge is 2.17. The van der Waals surface area contributed by atoms with Crippen LogP contribution in [-0.4, -0.2) is 53.1 Å². The van der Waals surface area contributed by atoms with Crippen LogP contribution in [0, 0.1) is 12.7 Å². The van der Waals surface area contributed by atoms with Crippen LogP contribution in [0.2, 0.25) is 0 Å². The highest BCUT2D eigenvalue weighted by atomic mass is 19.1. The van der Waals surface area contributed by atoms with Gasteiger partial charge in [0.15, 0.2) is 23.1 Å². The Kier molecular flexibility index (Phi) is 3.41. The van der Waals surface area contributed by atoms with Gasteiger partial charge in [-0.25, -0.2) is 14.4 Å². The first-order valence-corrected chi connectivity index (χ1v) is 10.0. The molecule has 0 aliphatic carbocycles. The lowest BCUT2D eigenvalue weighted by Crippen LogP contribution is -2.21. The molecular weight excluding hydrogens is 423 g/mol. The van der Waals surface area contributed by atoms with Crippen LogP contribution in [0.5, 0.6) is 23.1 Å². The van der Waals surface area contributed by atoms with Gasteiger partial charge in [0.2, 0.25) is 5.88 Å². The largest absolute Gasteiger partial charge is 0.493 e. The summed E-state index contributed by atoms with van der Waals surface area (Å²) >= 11 is 0. The molecule has 0 spiro atoms. The number of rotatable bonds is 8. The number of likely N-dealkylation sites (tertiary alicyclic amines) is 1. The van der Waals surface area contributed by atoms with Gasteiger partial charge in [-0.05, 0) is 63.4 Å². The van der Waals surface area contributed by atoms with Crippen LogP contribution in [0.25, 0.3) is 21.8 Å². The molecule has 0 unspecified atom stereocenters. The van der Waals surface area contributed by atoms with E-state index in [2.05, 4.69) is 15.0 Å². The molecule has 2 aromatic carbocycles. The van der Waals surface area contributed by atoms with Crippen molar-refractivity contribution in [1.29, 1.82) is 0 Å². The van der Waals surface area contributed by atoms with Crippen LogP contribution in [0.1, 0.15) is 39.9 Å². The summed E-state index contributed by atoms with van der Waals surface area (Å²) in [5, 5.41) is 0.388. The van der Waals surface area contributed by atoms with Crippen LogP contribution in [0.4, 0.5) is 4.39 Å². The fourth-order valence-corrected chi connectivity index (χ4v) is 3.48. The van der Waals surface area contributed by atoms with Crippen molar-refractivity contribution < 1.29 is 33.7 Å². The number of hydrogen-bond donors (Lipinski definition) is 1. The Bertz CT molecular complexity index is 1710. The normalized spacial score (nSPS) is 23.5. The number of hydrogen-bond acceptors (Lipinski definition) is 6. The van der Waals surface area contributed by atoms with Crippen LogP contribution in [0.15, 0.2) is 36.7 Å². The molecule has 2 aromatic heterocycles. The summed E-state index contributed by atoms with van der Waals surface area (Å²) in [5.41, 5.74) is 1.41. The van der Waals surface area contributed by atoms with E-state index in [9.17, 15) is 0 Å². The van der Waals surface area contributed by atoms with Crippen molar-refractivity contribution in [3.8, 4) is 23.1 Å². The molecule has 1 N–H and O–H groups in total. The van der Waals surface area contributed by atoms with Crippen molar-refractivity contribution in [2.45, 2.75) is 26.0 Å². The first-order chi connectivity index (χ1) is 20.2. The van der Waals surface area contributed by atoms with Gasteiger partial charge >= 0.3 is 0 Å². The Morgan fingerprint density at radius 3 is 2.88 bits per heavy atom. The Labute approximate surface area is 206 Å². The maximum absolute atomic E-state index is 15.2. The number of aromatic nitrogens is 3. The molecule has 0 saturated carbocycles. The van der Waals surface area contributed by atoms with E-state index in [1.165, 1.54) is 12.1 Å². The van der Waals surface area contributed by atoms with E-state index >= 15 is 4.39 Å². The summed E-state index contributed by atoms with van der Waals surface area (Å²) in [6, 6.07) is 7.00. The molecule has 0 bridgehead atoms. The maximum atomic E-state index is 15.2. The zero-order chi connectivity index (χ0) is 32.5. The number of aryl methyl sites for hydroxylation is 1. The van der Waals surface area contributed by atoms with Gasteiger partial charge in [-0.3, -0.25) is 0 Å². The van der Waals surface area contributed by atoms with E-state index in [0.717, 1.165) is 23.0 Å². The number of aromatic amines is 1. The molecule has 3 heterocycles. The zero-order valence-corrected chi connectivity index (χ0v) is 17.5. The predicted molar refractivity (Wildman–Crippen MR) is 125 cm³/mol. The Morgan fingerprint density at radius 1 is 1.15 bits per heavy atom. The molecule has 1 fully saturated rings. The molecule has 33 heavy (non-hydrogen) atoms. The molecule has 1 aliphatic heterocycles. The number of fused-ring (bicyclic) bond motifs is 2. The summed E-state index contributed by atoms with van der Waals surface area (Å²) < 4.78 is 119. The molecule has 0 amide bonds. The lowest BCUT2D eigenvalue weighted by Gasteiger charge is -2.16. The van der Waals surface area contributed by atoms with Crippen molar-refractivity contribution in [2.75, 3.05) is 33.2 Å². The van der Waals surface area contributed by atoms with Crippen molar-refractivity contribution >= 4 is 21.8 Å². The summed E-state index contributed by atoms with van der Waals surface area (Å²) in [5.74, 6) is -1.71. The van der Waals surface area contributed by atoms with Crippen LogP contribution >= 0.6 is 0 Å². The van der Waals surface area contributed by atoms with Crippen molar-refractivity contribution in [3.05, 3.63) is 48.2 Å². The van der Waals surface area contributed by atoms with Gasteiger partial charge in [-0.15, -0.1) is 0 Å². The fraction of sp³-hybridized carbons (Fsp3) is 0.360. The summed E-state index contributed by atoms with van der Waals surface area (Å²) in [6.45, 7) is -3.52. The fourth-order valence-electron chi connectivity index (χ4n) is 3.48. The van der Waals surface area contributed by atoms with Gasteiger partial charge < -0.3 is 24.1 Å². The first kappa shape index (κ1) is 12.2. The smallest absolute Gasteiger partial charge is 0.230 e. The van der Waals surface area contributed by atoms with Crippen molar-refractivity contribution in [1.82, 2.24) is 19.9 Å². The highest BCUT2D eigenvalue weighted by molar-refractivity contribution is 5.87. The third kappa shape index (κ3) is 4.43. The molecule has 5 rings (SSSR count). The molecule has 0 radical (unpaired) electrons. The third-order valence-corrected chi connectivity index (χ3v) is 5.02. The van der Waals surface area contributed by atoms with Crippen LogP contribution < -0.4 is 14.2 Å². The second-order valence-electron chi connectivity index (χ2n) is 7.28. The summed E-state index contributed by atoms with van der Waals surface area (Å²) in [4.78, 5) is 11.9. The monoisotopic (exact) mass is 461 g/mol. The Morgan fingerprint density at radius 2 is 2.03 bits per heavy atom. The van der Waals surface area contributed by atoms with E-state index in [1.54, 1.807) is 19.1 Å².